The van der Waals surface area contributed by atoms with Gasteiger partial charge in [0.2, 0.25) is 0 Å². The lowest BCUT2D eigenvalue weighted by Crippen LogP contribution is -2.11. The first-order valence-corrected chi connectivity index (χ1v) is 3.58. The van der Waals surface area contributed by atoms with Crippen molar-refractivity contribution in [1.29, 1.82) is 0 Å². The third-order valence-corrected chi connectivity index (χ3v) is 1.70. The predicted octanol–water partition coefficient (Wildman–Crippen LogP) is 1.38. The number of anilines is 2. The van der Waals surface area contributed by atoms with E-state index in [4.69, 9.17) is 17.3 Å². The number of rotatable bonds is 1. The Balaban J connectivity index is 3.17. The first-order valence-electron chi connectivity index (χ1n) is 3.20. The van der Waals surface area contributed by atoms with Gasteiger partial charge in [0, 0.05) is 20.3 Å². The standard InChI is InChI=1S/C7H10ClN3/c1-11(2)5-3-4-10-7(8)6(5)9/h3-4H,9H2,1-2H3. The van der Waals surface area contributed by atoms with Crippen molar-refractivity contribution < 1.29 is 0 Å². The van der Waals surface area contributed by atoms with Crippen LogP contribution in [-0.4, -0.2) is 19.1 Å². The highest BCUT2D eigenvalue weighted by Crippen LogP contribution is 2.25. The van der Waals surface area contributed by atoms with Gasteiger partial charge in [0.15, 0.2) is 5.15 Å². The van der Waals surface area contributed by atoms with E-state index in [1.54, 1.807) is 6.20 Å². The minimum atomic E-state index is 0.358. The molecule has 0 aliphatic carbocycles. The summed E-state index contributed by atoms with van der Waals surface area (Å²) < 4.78 is 0. The first kappa shape index (κ1) is 8.14. The Hall–Kier alpha value is -0.960. The predicted molar refractivity (Wildman–Crippen MR) is 48.0 cm³/mol. The summed E-state index contributed by atoms with van der Waals surface area (Å²) in [4.78, 5) is 5.73. The molecule has 1 aromatic heterocycles. The summed E-state index contributed by atoms with van der Waals surface area (Å²) in [7, 11) is 3.81. The third-order valence-electron chi connectivity index (χ3n) is 1.40. The van der Waals surface area contributed by atoms with Gasteiger partial charge in [-0.2, -0.15) is 0 Å². The number of nitrogens with zero attached hydrogens (tertiary/aromatic N) is 2. The largest absolute Gasteiger partial charge is 0.395 e. The van der Waals surface area contributed by atoms with E-state index in [0.29, 0.717) is 10.8 Å². The lowest BCUT2D eigenvalue weighted by Gasteiger charge is -2.14. The maximum absolute atomic E-state index is 5.70. The van der Waals surface area contributed by atoms with Crippen molar-refractivity contribution in [3.05, 3.63) is 17.4 Å². The molecule has 1 rings (SSSR count). The molecule has 0 aliphatic rings. The van der Waals surface area contributed by atoms with Gasteiger partial charge in [-0.3, -0.25) is 0 Å². The smallest absolute Gasteiger partial charge is 0.154 e. The summed E-state index contributed by atoms with van der Waals surface area (Å²) in [6, 6.07) is 1.82. The van der Waals surface area contributed by atoms with Gasteiger partial charge in [-0.25, -0.2) is 4.98 Å². The molecule has 0 radical (unpaired) electrons. The summed E-state index contributed by atoms with van der Waals surface area (Å²) >= 11 is 5.70. The second kappa shape index (κ2) is 2.96. The van der Waals surface area contributed by atoms with Crippen LogP contribution in [0.4, 0.5) is 11.4 Å². The molecule has 0 unspecified atom stereocenters. The van der Waals surface area contributed by atoms with Crippen molar-refractivity contribution in [3.8, 4) is 0 Å². The van der Waals surface area contributed by atoms with Crippen molar-refractivity contribution in [3.63, 3.8) is 0 Å². The van der Waals surface area contributed by atoms with Crippen molar-refractivity contribution in [1.82, 2.24) is 4.98 Å². The first-order chi connectivity index (χ1) is 5.13. The lowest BCUT2D eigenvalue weighted by molar-refractivity contribution is 1.12. The molecule has 1 heterocycles. The molecule has 0 saturated heterocycles. The average molecular weight is 172 g/mol. The molecule has 1 aromatic rings. The molecule has 0 spiro atoms. The van der Waals surface area contributed by atoms with Crippen LogP contribution < -0.4 is 10.6 Å². The Labute approximate surface area is 70.8 Å². The highest BCUT2D eigenvalue weighted by Gasteiger charge is 2.04. The molecule has 0 fully saturated rings. The minimum Gasteiger partial charge on any atom is -0.395 e. The van der Waals surface area contributed by atoms with E-state index < -0.39 is 0 Å². The van der Waals surface area contributed by atoms with E-state index in [1.807, 2.05) is 25.1 Å². The van der Waals surface area contributed by atoms with Crippen molar-refractivity contribution >= 4 is 23.0 Å². The van der Waals surface area contributed by atoms with Crippen LogP contribution in [0, 0.1) is 0 Å². The van der Waals surface area contributed by atoms with Crippen molar-refractivity contribution in [2.75, 3.05) is 24.7 Å². The fraction of sp³-hybridized carbons (Fsp3) is 0.286. The van der Waals surface area contributed by atoms with E-state index in [1.165, 1.54) is 0 Å². The van der Waals surface area contributed by atoms with Gasteiger partial charge in [0.1, 0.15) is 0 Å². The molecule has 0 aromatic carbocycles. The summed E-state index contributed by atoms with van der Waals surface area (Å²) in [5.74, 6) is 0. The van der Waals surface area contributed by atoms with E-state index >= 15 is 0 Å². The zero-order chi connectivity index (χ0) is 8.43. The van der Waals surface area contributed by atoms with Crippen molar-refractivity contribution in [2.24, 2.45) is 0 Å². The van der Waals surface area contributed by atoms with Crippen molar-refractivity contribution in [2.45, 2.75) is 0 Å². The van der Waals surface area contributed by atoms with Gasteiger partial charge in [0.25, 0.3) is 0 Å². The molecule has 2 N–H and O–H groups in total. The minimum absolute atomic E-state index is 0.358. The van der Waals surface area contributed by atoms with Crippen LogP contribution in [0.2, 0.25) is 5.15 Å². The van der Waals surface area contributed by atoms with Gasteiger partial charge in [-0.15, -0.1) is 0 Å². The Morgan fingerprint density at radius 1 is 1.55 bits per heavy atom. The molecule has 0 atom stereocenters. The monoisotopic (exact) mass is 171 g/mol. The summed E-state index contributed by atoms with van der Waals surface area (Å²) in [5.41, 5.74) is 7.07. The Morgan fingerprint density at radius 2 is 2.18 bits per heavy atom. The van der Waals surface area contributed by atoms with E-state index in [9.17, 15) is 0 Å². The van der Waals surface area contributed by atoms with Crippen LogP contribution >= 0.6 is 11.6 Å². The van der Waals surface area contributed by atoms with Gasteiger partial charge in [-0.1, -0.05) is 11.6 Å². The van der Waals surface area contributed by atoms with Crippen LogP contribution in [0.25, 0.3) is 0 Å². The number of hydrogen-bond acceptors (Lipinski definition) is 3. The van der Waals surface area contributed by atoms with E-state index in [-0.39, 0.29) is 0 Å². The maximum atomic E-state index is 5.70. The number of nitrogens with two attached hydrogens (primary N) is 1. The molecule has 0 aliphatic heterocycles. The number of halogens is 1. The molecule has 4 heteroatoms. The topological polar surface area (TPSA) is 42.2 Å². The second-order valence-corrected chi connectivity index (χ2v) is 2.79. The van der Waals surface area contributed by atoms with Gasteiger partial charge in [-0.05, 0) is 6.07 Å². The third kappa shape index (κ3) is 1.54. The Morgan fingerprint density at radius 3 is 2.64 bits per heavy atom. The molecule has 3 nitrogen and oxygen atoms in total. The summed E-state index contributed by atoms with van der Waals surface area (Å²) in [6.45, 7) is 0. The fourth-order valence-corrected chi connectivity index (χ4v) is 0.981. The number of aromatic nitrogens is 1. The van der Waals surface area contributed by atoms with E-state index in [0.717, 1.165) is 5.69 Å². The fourth-order valence-electron chi connectivity index (χ4n) is 0.828. The van der Waals surface area contributed by atoms with Crippen LogP contribution in [0.3, 0.4) is 0 Å². The Bertz CT molecular complexity index is 260. The molecule has 0 amide bonds. The SMILES string of the molecule is CN(C)c1ccnc(Cl)c1N. The van der Waals surface area contributed by atoms with Crippen LogP contribution in [0.15, 0.2) is 12.3 Å². The van der Waals surface area contributed by atoms with E-state index in [2.05, 4.69) is 4.98 Å². The maximum Gasteiger partial charge on any atom is 0.154 e. The quantitative estimate of drug-likeness (QED) is 0.650. The molecule has 11 heavy (non-hydrogen) atoms. The Kier molecular flexibility index (Phi) is 2.19. The van der Waals surface area contributed by atoms with Gasteiger partial charge >= 0.3 is 0 Å². The second-order valence-electron chi connectivity index (χ2n) is 2.43. The van der Waals surface area contributed by atoms with Crippen LogP contribution in [0.5, 0.6) is 0 Å². The molecule has 0 saturated carbocycles. The lowest BCUT2D eigenvalue weighted by atomic mass is 10.3. The number of nitrogen functional groups attached to an aromatic ring is 1. The molecular weight excluding hydrogens is 162 g/mol. The molecule has 60 valence electrons. The number of hydrogen-bond donors (Lipinski definition) is 1. The highest BCUT2D eigenvalue weighted by molar-refractivity contribution is 6.32. The van der Waals surface area contributed by atoms with Gasteiger partial charge in [0.05, 0.1) is 11.4 Å². The zero-order valence-electron chi connectivity index (χ0n) is 6.50. The summed E-state index contributed by atoms with van der Waals surface area (Å²) in [5, 5.41) is 0.358. The highest BCUT2D eigenvalue weighted by atomic mass is 35.5. The normalized spacial score (nSPS) is 9.73. The average Bonchev–Trinajstić information content (AvgIpc) is 1.94. The van der Waals surface area contributed by atoms with Crippen LogP contribution in [-0.2, 0) is 0 Å². The summed E-state index contributed by atoms with van der Waals surface area (Å²) in [6.07, 6.45) is 1.63. The molecule has 0 bridgehead atoms. The zero-order valence-corrected chi connectivity index (χ0v) is 7.26. The van der Waals surface area contributed by atoms with Gasteiger partial charge < -0.3 is 10.6 Å². The number of pyridine rings is 1. The van der Waals surface area contributed by atoms with Crippen LogP contribution in [0.1, 0.15) is 0 Å². The molecular formula is C7H10ClN3.